The quantitative estimate of drug-likeness (QED) is 0.614. The monoisotopic (exact) mass is 267 g/mol. The van der Waals surface area contributed by atoms with Gasteiger partial charge in [-0.3, -0.25) is 4.79 Å². The molecule has 0 bridgehead atoms. The van der Waals surface area contributed by atoms with E-state index in [0.717, 1.165) is 17.1 Å². The minimum absolute atomic E-state index is 0.0726. The van der Waals surface area contributed by atoms with Crippen LogP contribution in [-0.4, -0.2) is 25.7 Å². The second-order valence-electron chi connectivity index (χ2n) is 4.72. The van der Waals surface area contributed by atoms with E-state index in [-0.39, 0.29) is 5.91 Å². The van der Waals surface area contributed by atoms with Gasteiger partial charge in [0.2, 0.25) is 0 Å². The first-order valence-corrected chi connectivity index (χ1v) is 6.61. The van der Waals surface area contributed by atoms with Gasteiger partial charge in [0.25, 0.3) is 5.91 Å². The standard InChI is InChI=1S/C14H21NO2S/c1-10(2)9-17-7-6-15-14(16)13-8-12(18)5-4-11(13)3/h4-5,8,10,18H,6-7,9H2,1-3H3,(H,15,16). The van der Waals surface area contributed by atoms with Crippen molar-refractivity contribution in [2.75, 3.05) is 19.8 Å². The van der Waals surface area contributed by atoms with Gasteiger partial charge in [-0.1, -0.05) is 19.9 Å². The molecular weight excluding hydrogens is 246 g/mol. The number of rotatable bonds is 6. The summed E-state index contributed by atoms with van der Waals surface area (Å²) >= 11 is 4.24. The van der Waals surface area contributed by atoms with E-state index < -0.39 is 0 Å². The first-order chi connectivity index (χ1) is 8.50. The average Bonchev–Trinajstić information content (AvgIpc) is 2.31. The molecule has 0 aromatic heterocycles. The van der Waals surface area contributed by atoms with E-state index in [9.17, 15) is 4.79 Å². The average molecular weight is 267 g/mol. The van der Waals surface area contributed by atoms with E-state index in [1.807, 2.05) is 19.1 Å². The van der Waals surface area contributed by atoms with Crippen molar-refractivity contribution >= 4 is 18.5 Å². The summed E-state index contributed by atoms with van der Waals surface area (Å²) in [5.74, 6) is 0.445. The molecule has 1 aromatic carbocycles. The first-order valence-electron chi connectivity index (χ1n) is 6.16. The van der Waals surface area contributed by atoms with Crippen molar-refractivity contribution in [3.63, 3.8) is 0 Å². The summed E-state index contributed by atoms with van der Waals surface area (Å²) in [4.78, 5) is 12.7. The molecule has 1 aromatic rings. The van der Waals surface area contributed by atoms with Crippen molar-refractivity contribution in [1.82, 2.24) is 5.32 Å². The Bertz CT molecular complexity index is 405. The normalized spacial score (nSPS) is 10.7. The molecule has 0 spiro atoms. The topological polar surface area (TPSA) is 38.3 Å². The number of benzene rings is 1. The predicted octanol–water partition coefficient (Wildman–Crippen LogP) is 2.69. The molecule has 1 amide bonds. The lowest BCUT2D eigenvalue weighted by Gasteiger charge is -2.09. The zero-order valence-electron chi connectivity index (χ0n) is 11.2. The lowest BCUT2D eigenvalue weighted by atomic mass is 10.1. The maximum atomic E-state index is 11.9. The molecule has 18 heavy (non-hydrogen) atoms. The smallest absolute Gasteiger partial charge is 0.251 e. The van der Waals surface area contributed by atoms with Crippen LogP contribution in [0.1, 0.15) is 29.8 Å². The molecule has 4 heteroatoms. The van der Waals surface area contributed by atoms with Gasteiger partial charge >= 0.3 is 0 Å². The van der Waals surface area contributed by atoms with E-state index in [1.165, 1.54) is 0 Å². The van der Waals surface area contributed by atoms with Crippen molar-refractivity contribution in [3.8, 4) is 0 Å². The van der Waals surface area contributed by atoms with Gasteiger partial charge in [0.15, 0.2) is 0 Å². The van der Waals surface area contributed by atoms with Gasteiger partial charge in [-0.15, -0.1) is 12.6 Å². The molecule has 0 aliphatic heterocycles. The third-order valence-electron chi connectivity index (χ3n) is 2.45. The fourth-order valence-electron chi connectivity index (χ4n) is 1.51. The zero-order valence-corrected chi connectivity index (χ0v) is 12.1. The minimum Gasteiger partial charge on any atom is -0.379 e. The second kappa shape index (κ2) is 7.44. The molecule has 0 unspecified atom stereocenters. The lowest BCUT2D eigenvalue weighted by molar-refractivity contribution is 0.0885. The third kappa shape index (κ3) is 5.10. The zero-order chi connectivity index (χ0) is 13.5. The highest BCUT2D eigenvalue weighted by atomic mass is 32.1. The SMILES string of the molecule is Cc1ccc(S)cc1C(=O)NCCOCC(C)C. The van der Waals surface area contributed by atoms with Crippen LogP contribution in [0, 0.1) is 12.8 Å². The number of carbonyl (C=O) groups excluding carboxylic acids is 1. The molecule has 0 atom stereocenters. The van der Waals surface area contributed by atoms with E-state index in [0.29, 0.717) is 24.6 Å². The molecule has 0 aliphatic carbocycles. The summed E-state index contributed by atoms with van der Waals surface area (Å²) in [5.41, 5.74) is 1.62. The number of thiol groups is 1. The summed E-state index contributed by atoms with van der Waals surface area (Å²) in [6.45, 7) is 7.91. The van der Waals surface area contributed by atoms with Gasteiger partial charge in [0.1, 0.15) is 0 Å². The number of aryl methyl sites for hydroxylation is 1. The summed E-state index contributed by atoms with van der Waals surface area (Å²) < 4.78 is 5.41. The molecule has 0 aliphatic rings. The maximum absolute atomic E-state index is 11.9. The van der Waals surface area contributed by atoms with Gasteiger partial charge in [0, 0.05) is 23.6 Å². The Morgan fingerprint density at radius 2 is 2.17 bits per heavy atom. The fraction of sp³-hybridized carbons (Fsp3) is 0.500. The molecule has 0 heterocycles. The van der Waals surface area contributed by atoms with E-state index in [1.54, 1.807) is 6.07 Å². The maximum Gasteiger partial charge on any atom is 0.251 e. The minimum atomic E-state index is -0.0726. The van der Waals surface area contributed by atoms with Crippen LogP contribution in [0.25, 0.3) is 0 Å². The molecule has 1 N–H and O–H groups in total. The Hall–Kier alpha value is -1.00. The highest BCUT2D eigenvalue weighted by molar-refractivity contribution is 7.80. The Kier molecular flexibility index (Phi) is 6.22. The van der Waals surface area contributed by atoms with Gasteiger partial charge in [-0.2, -0.15) is 0 Å². The number of carbonyl (C=O) groups is 1. The van der Waals surface area contributed by atoms with Gasteiger partial charge in [0.05, 0.1) is 6.61 Å². The van der Waals surface area contributed by atoms with Crippen LogP contribution in [-0.2, 0) is 4.74 Å². The molecule has 0 saturated carbocycles. The van der Waals surface area contributed by atoms with Gasteiger partial charge in [-0.25, -0.2) is 0 Å². The van der Waals surface area contributed by atoms with E-state index in [4.69, 9.17) is 4.74 Å². The van der Waals surface area contributed by atoms with Crippen molar-refractivity contribution in [1.29, 1.82) is 0 Å². The summed E-state index contributed by atoms with van der Waals surface area (Å²) in [6.07, 6.45) is 0. The van der Waals surface area contributed by atoms with Crippen LogP contribution in [0.5, 0.6) is 0 Å². The molecule has 0 saturated heterocycles. The first kappa shape index (κ1) is 15.1. The molecule has 3 nitrogen and oxygen atoms in total. The number of hydrogen-bond acceptors (Lipinski definition) is 3. The van der Waals surface area contributed by atoms with E-state index in [2.05, 4.69) is 31.8 Å². The Labute approximate surface area is 114 Å². The molecule has 0 radical (unpaired) electrons. The number of hydrogen-bond donors (Lipinski definition) is 2. The van der Waals surface area contributed by atoms with Crippen molar-refractivity contribution < 1.29 is 9.53 Å². The Morgan fingerprint density at radius 1 is 1.44 bits per heavy atom. The van der Waals surface area contributed by atoms with Crippen LogP contribution < -0.4 is 5.32 Å². The van der Waals surface area contributed by atoms with Crippen molar-refractivity contribution in [2.24, 2.45) is 5.92 Å². The van der Waals surface area contributed by atoms with Crippen LogP contribution in [0.15, 0.2) is 23.1 Å². The van der Waals surface area contributed by atoms with Crippen LogP contribution >= 0.6 is 12.6 Å². The number of amides is 1. The lowest BCUT2D eigenvalue weighted by Crippen LogP contribution is -2.28. The van der Waals surface area contributed by atoms with Crippen LogP contribution in [0.4, 0.5) is 0 Å². The largest absolute Gasteiger partial charge is 0.379 e. The molecule has 100 valence electrons. The summed E-state index contributed by atoms with van der Waals surface area (Å²) in [7, 11) is 0. The number of nitrogens with one attached hydrogen (secondary N) is 1. The van der Waals surface area contributed by atoms with Crippen LogP contribution in [0.3, 0.4) is 0 Å². The number of ether oxygens (including phenoxy) is 1. The van der Waals surface area contributed by atoms with Gasteiger partial charge in [-0.05, 0) is 30.5 Å². The highest BCUT2D eigenvalue weighted by Crippen LogP contribution is 2.13. The van der Waals surface area contributed by atoms with Crippen molar-refractivity contribution in [2.45, 2.75) is 25.7 Å². The van der Waals surface area contributed by atoms with E-state index >= 15 is 0 Å². The third-order valence-corrected chi connectivity index (χ3v) is 2.73. The second-order valence-corrected chi connectivity index (χ2v) is 5.24. The van der Waals surface area contributed by atoms with Crippen LogP contribution in [0.2, 0.25) is 0 Å². The fourth-order valence-corrected chi connectivity index (χ4v) is 1.71. The molecular formula is C14H21NO2S. The highest BCUT2D eigenvalue weighted by Gasteiger charge is 2.08. The van der Waals surface area contributed by atoms with Gasteiger partial charge < -0.3 is 10.1 Å². The Balaban J connectivity index is 2.39. The summed E-state index contributed by atoms with van der Waals surface area (Å²) in [6, 6.07) is 5.55. The Morgan fingerprint density at radius 3 is 2.83 bits per heavy atom. The van der Waals surface area contributed by atoms with Crippen molar-refractivity contribution in [3.05, 3.63) is 29.3 Å². The predicted molar refractivity (Wildman–Crippen MR) is 76.4 cm³/mol. The molecule has 1 rings (SSSR count). The molecule has 0 fully saturated rings. The summed E-state index contributed by atoms with van der Waals surface area (Å²) in [5, 5.41) is 2.84.